The highest BCUT2D eigenvalue weighted by Crippen LogP contribution is 2.13. The summed E-state index contributed by atoms with van der Waals surface area (Å²) in [6.45, 7) is -0.230. The van der Waals surface area contributed by atoms with Gasteiger partial charge in [0.25, 0.3) is 5.91 Å². The summed E-state index contributed by atoms with van der Waals surface area (Å²) in [4.78, 5) is 21.5. The summed E-state index contributed by atoms with van der Waals surface area (Å²) in [6.07, 6.45) is 0.695. The van der Waals surface area contributed by atoms with Crippen molar-refractivity contribution in [2.45, 2.75) is 6.61 Å². The van der Waals surface area contributed by atoms with Crippen LogP contribution in [-0.4, -0.2) is 17.4 Å². The number of carbonyl (C=O) groups is 2. The summed E-state index contributed by atoms with van der Waals surface area (Å²) in [5, 5.41) is 14.4. The Morgan fingerprint density at radius 2 is 2.16 bits per heavy atom. The van der Waals surface area contributed by atoms with Gasteiger partial charge in [0.15, 0.2) is 6.61 Å². The van der Waals surface area contributed by atoms with Gasteiger partial charge in [-0.25, -0.2) is 0 Å². The van der Waals surface area contributed by atoms with Crippen LogP contribution in [0.25, 0.3) is 0 Å². The van der Waals surface area contributed by atoms with Crippen molar-refractivity contribution in [1.29, 1.82) is 0 Å². The van der Waals surface area contributed by atoms with Crippen molar-refractivity contribution in [3.8, 4) is 5.75 Å². The molecule has 0 aliphatic heterocycles. The summed E-state index contributed by atoms with van der Waals surface area (Å²) in [5.74, 6) is -0.463. The fourth-order valence-electron chi connectivity index (χ4n) is 1.37. The monoisotopic (exact) mass is 263 g/mol. The van der Waals surface area contributed by atoms with Gasteiger partial charge in [0.1, 0.15) is 12.0 Å². The molecule has 98 valence electrons. The maximum Gasteiger partial charge on any atom is 0.311 e. The lowest BCUT2D eigenvalue weighted by atomic mass is 10.2. The Bertz CT molecular complexity index is 605. The van der Waals surface area contributed by atoms with Gasteiger partial charge in [-0.2, -0.15) is 0 Å². The van der Waals surface area contributed by atoms with Gasteiger partial charge in [-0.3, -0.25) is 14.2 Å². The fourth-order valence-corrected chi connectivity index (χ4v) is 1.37. The van der Waals surface area contributed by atoms with E-state index in [1.165, 1.54) is 0 Å². The highest BCUT2D eigenvalue weighted by atomic mass is 16.8. The molecule has 1 aromatic heterocycles. The Morgan fingerprint density at radius 3 is 2.74 bits per heavy atom. The minimum Gasteiger partial charge on any atom is -0.485 e. The number of carbonyl (C=O) groups excluding carboxylic acids is 2. The fraction of sp³-hybridized carbons (Fsp3) is 0.0909. The zero-order chi connectivity index (χ0) is 13.8. The molecule has 1 heterocycles. The molecule has 2 N–H and O–H groups in total. The number of benzene rings is 1. The summed E-state index contributed by atoms with van der Waals surface area (Å²) >= 11 is 0. The van der Waals surface area contributed by atoms with Gasteiger partial charge in [-0.15, -0.1) is 0 Å². The van der Waals surface area contributed by atoms with Crippen LogP contribution >= 0.6 is 0 Å². The molecular formula is C11H9N3O5. The van der Waals surface area contributed by atoms with Gasteiger partial charge in [0.2, 0.25) is 5.69 Å². The van der Waals surface area contributed by atoms with Crippen LogP contribution in [0.1, 0.15) is 26.5 Å². The minimum atomic E-state index is -0.881. The van der Waals surface area contributed by atoms with Crippen LogP contribution < -0.4 is 15.4 Å². The predicted octanol–water partition coefficient (Wildman–Crippen LogP) is -0.202. The highest BCUT2D eigenvalue weighted by Gasteiger charge is 2.24. The summed E-state index contributed by atoms with van der Waals surface area (Å²) in [7, 11) is 0. The van der Waals surface area contributed by atoms with E-state index in [0.717, 1.165) is 0 Å². The van der Waals surface area contributed by atoms with E-state index in [9.17, 15) is 14.8 Å². The molecule has 1 aromatic carbocycles. The first-order valence-electron chi connectivity index (χ1n) is 5.18. The van der Waals surface area contributed by atoms with E-state index in [0.29, 0.717) is 17.6 Å². The van der Waals surface area contributed by atoms with Gasteiger partial charge < -0.3 is 15.7 Å². The molecule has 8 heteroatoms. The van der Waals surface area contributed by atoms with Crippen molar-refractivity contribution in [3.63, 3.8) is 0 Å². The van der Waals surface area contributed by atoms with Gasteiger partial charge in [-0.05, 0) is 29.2 Å². The second-order valence-electron chi connectivity index (χ2n) is 3.57. The van der Waals surface area contributed by atoms with E-state index in [4.69, 9.17) is 10.5 Å². The normalized spacial score (nSPS) is 10.1. The Labute approximate surface area is 106 Å². The van der Waals surface area contributed by atoms with Crippen molar-refractivity contribution in [2.75, 3.05) is 0 Å². The Balaban J connectivity index is 2.11. The molecule has 0 bridgehead atoms. The van der Waals surface area contributed by atoms with Crippen LogP contribution in [-0.2, 0) is 6.61 Å². The predicted molar refractivity (Wildman–Crippen MR) is 60.1 cm³/mol. The van der Waals surface area contributed by atoms with E-state index in [1.807, 2.05) is 0 Å². The van der Waals surface area contributed by atoms with Crippen molar-refractivity contribution in [2.24, 2.45) is 5.73 Å². The van der Waals surface area contributed by atoms with Gasteiger partial charge in [0.05, 0.1) is 5.16 Å². The van der Waals surface area contributed by atoms with E-state index >= 15 is 0 Å². The second kappa shape index (κ2) is 5.17. The van der Waals surface area contributed by atoms with E-state index in [-0.39, 0.29) is 22.9 Å². The summed E-state index contributed by atoms with van der Waals surface area (Å²) < 4.78 is 9.54. The van der Waals surface area contributed by atoms with E-state index in [2.05, 4.69) is 9.79 Å². The molecule has 0 aliphatic carbocycles. The SMILES string of the molecule is NC(=O)c1no[n+]([O-])c1COc1ccc(C=O)cc1. The number of nitrogens with two attached hydrogens (primary N) is 1. The third-order valence-electron chi connectivity index (χ3n) is 2.33. The van der Waals surface area contributed by atoms with Gasteiger partial charge in [-0.1, -0.05) is 0 Å². The standard InChI is InChI=1S/C11H9N3O5/c12-11(16)10-9(14(17)19-13-10)6-18-8-3-1-7(5-15)2-4-8/h1-5H,6H2,(H2,12,16). The molecular weight excluding hydrogens is 254 g/mol. The quantitative estimate of drug-likeness (QED) is 0.588. The second-order valence-corrected chi connectivity index (χ2v) is 3.57. The molecule has 2 aromatic rings. The van der Waals surface area contributed by atoms with Crippen LogP contribution in [0.3, 0.4) is 0 Å². The summed E-state index contributed by atoms with van der Waals surface area (Å²) in [5.41, 5.74) is 5.12. The maximum atomic E-state index is 11.2. The Morgan fingerprint density at radius 1 is 1.47 bits per heavy atom. The third-order valence-corrected chi connectivity index (χ3v) is 2.33. The topological polar surface area (TPSA) is 122 Å². The Hall–Kier alpha value is -2.90. The molecule has 0 aliphatic rings. The molecule has 0 fully saturated rings. The van der Waals surface area contributed by atoms with Crippen molar-refractivity contribution in [1.82, 2.24) is 5.16 Å². The van der Waals surface area contributed by atoms with Crippen LogP contribution in [0.4, 0.5) is 0 Å². The Kier molecular flexibility index (Phi) is 3.42. The largest absolute Gasteiger partial charge is 0.485 e. The summed E-state index contributed by atoms with van der Waals surface area (Å²) in [6, 6.07) is 6.21. The number of aromatic nitrogens is 2. The molecule has 0 saturated heterocycles. The lowest BCUT2D eigenvalue weighted by molar-refractivity contribution is -0.808. The van der Waals surface area contributed by atoms with Gasteiger partial charge >= 0.3 is 5.69 Å². The van der Waals surface area contributed by atoms with Crippen molar-refractivity contribution >= 4 is 12.2 Å². The van der Waals surface area contributed by atoms with Crippen LogP contribution in [0.5, 0.6) is 5.75 Å². The maximum absolute atomic E-state index is 11.2. The molecule has 0 saturated carbocycles. The first-order chi connectivity index (χ1) is 9.11. The smallest absolute Gasteiger partial charge is 0.311 e. The minimum absolute atomic E-state index is 0.0554. The molecule has 8 nitrogen and oxygen atoms in total. The van der Waals surface area contributed by atoms with Gasteiger partial charge in [0, 0.05) is 5.56 Å². The number of rotatable bonds is 5. The third kappa shape index (κ3) is 2.68. The van der Waals surface area contributed by atoms with Crippen LogP contribution in [0, 0.1) is 5.21 Å². The van der Waals surface area contributed by atoms with E-state index < -0.39 is 5.91 Å². The number of primary amides is 1. The zero-order valence-corrected chi connectivity index (χ0v) is 9.61. The van der Waals surface area contributed by atoms with Crippen molar-refractivity contribution in [3.05, 3.63) is 46.4 Å². The molecule has 1 amide bonds. The van der Waals surface area contributed by atoms with Crippen LogP contribution in [0.2, 0.25) is 0 Å². The van der Waals surface area contributed by atoms with Crippen LogP contribution in [0.15, 0.2) is 28.9 Å². The number of nitrogens with zero attached hydrogens (tertiary/aromatic N) is 2. The number of ether oxygens (including phenoxy) is 1. The average Bonchev–Trinajstić information content (AvgIpc) is 2.78. The molecule has 0 spiro atoms. The molecule has 2 rings (SSSR count). The first-order valence-corrected chi connectivity index (χ1v) is 5.18. The number of amides is 1. The zero-order valence-electron chi connectivity index (χ0n) is 9.61. The van der Waals surface area contributed by atoms with Crippen molar-refractivity contribution < 1.29 is 23.9 Å². The molecule has 0 radical (unpaired) electrons. The molecule has 0 unspecified atom stereocenters. The molecule has 19 heavy (non-hydrogen) atoms. The highest BCUT2D eigenvalue weighted by molar-refractivity contribution is 5.91. The number of hydrogen-bond acceptors (Lipinski definition) is 6. The first kappa shape index (κ1) is 12.6. The lowest BCUT2D eigenvalue weighted by Gasteiger charge is -2.03. The lowest BCUT2D eigenvalue weighted by Crippen LogP contribution is -2.31. The van der Waals surface area contributed by atoms with E-state index in [1.54, 1.807) is 24.3 Å². The number of aldehydes is 1. The average molecular weight is 263 g/mol. The molecule has 0 atom stereocenters. The number of hydrogen-bond donors (Lipinski definition) is 1.